The lowest BCUT2D eigenvalue weighted by molar-refractivity contribution is -0.125. The SMILES string of the molecule is CCCC1(C(=O)NCC(C)(c2ccccc2)c2ccccc2)c2ccccc2-c2ccccc21. The summed E-state index contributed by atoms with van der Waals surface area (Å²) in [5.74, 6) is 0.0878. The largest absolute Gasteiger partial charge is 0.354 e. The summed E-state index contributed by atoms with van der Waals surface area (Å²) in [6.07, 6.45) is 1.70. The number of carbonyl (C=O) groups is 1. The third kappa shape index (κ3) is 3.45. The monoisotopic (exact) mass is 445 g/mol. The van der Waals surface area contributed by atoms with Crippen molar-refractivity contribution in [2.75, 3.05) is 6.54 Å². The van der Waals surface area contributed by atoms with E-state index in [1.54, 1.807) is 0 Å². The number of hydrogen-bond donors (Lipinski definition) is 1. The predicted octanol–water partition coefficient (Wildman–Crippen LogP) is 6.88. The van der Waals surface area contributed by atoms with Gasteiger partial charge in [-0.25, -0.2) is 0 Å². The first kappa shape index (κ1) is 22.2. The molecule has 1 aliphatic carbocycles. The van der Waals surface area contributed by atoms with Gasteiger partial charge in [-0.2, -0.15) is 0 Å². The first-order valence-electron chi connectivity index (χ1n) is 12.2. The zero-order valence-corrected chi connectivity index (χ0v) is 19.9. The van der Waals surface area contributed by atoms with Crippen LogP contribution in [-0.4, -0.2) is 12.5 Å². The van der Waals surface area contributed by atoms with Crippen molar-refractivity contribution in [2.24, 2.45) is 0 Å². The lowest BCUT2D eigenvalue weighted by Gasteiger charge is -2.35. The van der Waals surface area contributed by atoms with Crippen LogP contribution in [0.3, 0.4) is 0 Å². The summed E-state index contributed by atoms with van der Waals surface area (Å²) < 4.78 is 0. The molecule has 0 radical (unpaired) electrons. The highest BCUT2D eigenvalue weighted by Crippen LogP contribution is 2.51. The van der Waals surface area contributed by atoms with Crippen molar-refractivity contribution in [3.05, 3.63) is 131 Å². The van der Waals surface area contributed by atoms with Crippen LogP contribution in [0.25, 0.3) is 11.1 Å². The zero-order valence-electron chi connectivity index (χ0n) is 19.9. The van der Waals surface area contributed by atoms with Crippen LogP contribution in [0.4, 0.5) is 0 Å². The number of amides is 1. The summed E-state index contributed by atoms with van der Waals surface area (Å²) >= 11 is 0. The fraction of sp³-hybridized carbons (Fsp3) is 0.219. The first-order chi connectivity index (χ1) is 16.6. The summed E-state index contributed by atoms with van der Waals surface area (Å²) in [5.41, 5.74) is 5.97. The predicted molar refractivity (Wildman–Crippen MR) is 140 cm³/mol. The van der Waals surface area contributed by atoms with Gasteiger partial charge >= 0.3 is 0 Å². The van der Waals surface area contributed by atoms with Crippen LogP contribution in [0.2, 0.25) is 0 Å². The van der Waals surface area contributed by atoms with Crippen molar-refractivity contribution >= 4 is 5.91 Å². The molecule has 0 spiro atoms. The molecule has 2 heteroatoms. The van der Waals surface area contributed by atoms with Gasteiger partial charge in [-0.15, -0.1) is 0 Å². The molecule has 0 aromatic heterocycles. The minimum Gasteiger partial charge on any atom is -0.354 e. The van der Waals surface area contributed by atoms with Gasteiger partial charge in [0.05, 0.1) is 0 Å². The number of hydrogen-bond acceptors (Lipinski definition) is 1. The minimum atomic E-state index is -0.670. The Kier molecular flexibility index (Phi) is 5.83. The Morgan fingerprint density at radius 3 is 1.62 bits per heavy atom. The topological polar surface area (TPSA) is 29.1 Å². The van der Waals surface area contributed by atoms with Crippen LogP contribution in [-0.2, 0) is 15.6 Å². The second kappa shape index (κ2) is 8.95. The van der Waals surface area contributed by atoms with E-state index in [-0.39, 0.29) is 11.3 Å². The minimum absolute atomic E-state index is 0.0878. The van der Waals surface area contributed by atoms with Gasteiger partial charge in [0.15, 0.2) is 0 Å². The molecule has 1 aliphatic rings. The van der Waals surface area contributed by atoms with Crippen molar-refractivity contribution < 1.29 is 4.79 Å². The maximum atomic E-state index is 14.3. The maximum Gasteiger partial charge on any atom is 0.235 e. The molecule has 5 rings (SSSR count). The lowest BCUT2D eigenvalue weighted by Crippen LogP contribution is -2.48. The van der Waals surface area contributed by atoms with E-state index in [9.17, 15) is 4.79 Å². The van der Waals surface area contributed by atoms with E-state index in [0.29, 0.717) is 6.54 Å². The van der Waals surface area contributed by atoms with Crippen LogP contribution >= 0.6 is 0 Å². The molecule has 0 bridgehead atoms. The number of rotatable bonds is 7. The molecule has 0 atom stereocenters. The summed E-state index contributed by atoms with van der Waals surface area (Å²) in [6, 6.07) is 37.8. The highest BCUT2D eigenvalue weighted by atomic mass is 16.2. The molecular formula is C32H31NO. The number of carbonyl (C=O) groups excluding carboxylic acids is 1. The van der Waals surface area contributed by atoms with Gasteiger partial charge in [0.25, 0.3) is 0 Å². The Hall–Kier alpha value is -3.65. The van der Waals surface area contributed by atoms with E-state index in [4.69, 9.17) is 0 Å². The molecule has 170 valence electrons. The third-order valence-corrected chi connectivity index (χ3v) is 7.50. The van der Waals surface area contributed by atoms with Gasteiger partial charge in [0, 0.05) is 12.0 Å². The van der Waals surface area contributed by atoms with E-state index >= 15 is 0 Å². The summed E-state index contributed by atoms with van der Waals surface area (Å²) in [4.78, 5) is 14.3. The molecule has 4 aromatic carbocycles. The molecule has 2 nitrogen and oxygen atoms in total. The molecule has 0 saturated heterocycles. The Bertz CT molecular complexity index is 1210. The molecule has 0 heterocycles. The van der Waals surface area contributed by atoms with Crippen LogP contribution in [0, 0.1) is 0 Å². The van der Waals surface area contributed by atoms with E-state index in [1.165, 1.54) is 22.3 Å². The standard InChI is InChI=1S/C32H31NO/c1-3-22-32(28-20-12-10-18-26(28)27-19-11-13-21-29(27)32)30(34)33-23-31(2,24-14-6-4-7-15-24)25-16-8-5-9-17-25/h4-21H,3,22-23H2,1-2H3,(H,33,34). The van der Waals surface area contributed by atoms with E-state index < -0.39 is 5.41 Å². The van der Waals surface area contributed by atoms with Crippen molar-refractivity contribution in [3.63, 3.8) is 0 Å². The van der Waals surface area contributed by atoms with E-state index in [2.05, 4.69) is 116 Å². The number of fused-ring (bicyclic) bond motifs is 3. The van der Waals surface area contributed by atoms with Gasteiger partial charge in [-0.1, -0.05) is 123 Å². The third-order valence-electron chi connectivity index (χ3n) is 7.50. The van der Waals surface area contributed by atoms with Gasteiger partial charge < -0.3 is 5.32 Å². The van der Waals surface area contributed by atoms with Crippen molar-refractivity contribution in [2.45, 2.75) is 37.5 Å². The van der Waals surface area contributed by atoms with E-state index in [0.717, 1.165) is 24.0 Å². The number of benzene rings is 4. The molecule has 0 aliphatic heterocycles. The Labute approximate surface area is 202 Å². The summed E-state index contributed by atoms with van der Waals surface area (Å²) in [6.45, 7) is 4.91. The zero-order chi connectivity index (χ0) is 23.6. The molecule has 0 unspecified atom stereocenters. The normalized spacial score (nSPS) is 13.7. The first-order valence-corrected chi connectivity index (χ1v) is 12.2. The highest BCUT2D eigenvalue weighted by Gasteiger charge is 2.48. The summed E-state index contributed by atoms with van der Waals surface area (Å²) in [5, 5.41) is 3.43. The number of nitrogens with one attached hydrogen (secondary N) is 1. The molecule has 1 N–H and O–H groups in total. The average Bonchev–Trinajstić information content (AvgIpc) is 3.19. The highest BCUT2D eigenvalue weighted by molar-refractivity contribution is 6.00. The Morgan fingerprint density at radius 2 is 1.15 bits per heavy atom. The van der Waals surface area contributed by atoms with Crippen molar-refractivity contribution in [1.29, 1.82) is 0 Å². The van der Waals surface area contributed by atoms with Crippen molar-refractivity contribution in [3.8, 4) is 11.1 Å². The Morgan fingerprint density at radius 1 is 0.706 bits per heavy atom. The van der Waals surface area contributed by atoms with Crippen molar-refractivity contribution in [1.82, 2.24) is 5.32 Å². The van der Waals surface area contributed by atoms with E-state index in [1.807, 2.05) is 12.1 Å². The molecule has 0 fully saturated rings. The second-order valence-corrected chi connectivity index (χ2v) is 9.49. The van der Waals surface area contributed by atoms with Gasteiger partial charge in [-0.3, -0.25) is 4.79 Å². The maximum absolute atomic E-state index is 14.3. The molecule has 4 aromatic rings. The van der Waals surface area contributed by atoms with Crippen LogP contribution in [0.1, 0.15) is 48.9 Å². The summed E-state index contributed by atoms with van der Waals surface area (Å²) in [7, 11) is 0. The molecular weight excluding hydrogens is 414 g/mol. The second-order valence-electron chi connectivity index (χ2n) is 9.49. The molecule has 0 saturated carbocycles. The van der Waals surface area contributed by atoms with Gasteiger partial charge in [0.1, 0.15) is 5.41 Å². The van der Waals surface area contributed by atoms with Crippen LogP contribution < -0.4 is 5.32 Å². The lowest BCUT2D eigenvalue weighted by atomic mass is 9.72. The quantitative estimate of drug-likeness (QED) is 0.330. The Balaban J connectivity index is 1.56. The molecule has 1 amide bonds. The van der Waals surface area contributed by atoms with Gasteiger partial charge in [-0.05, 0) is 46.7 Å². The fourth-order valence-electron chi connectivity index (χ4n) is 5.72. The van der Waals surface area contributed by atoms with Crippen LogP contribution in [0.5, 0.6) is 0 Å². The molecule has 34 heavy (non-hydrogen) atoms. The van der Waals surface area contributed by atoms with Crippen LogP contribution in [0.15, 0.2) is 109 Å². The smallest absolute Gasteiger partial charge is 0.235 e. The van der Waals surface area contributed by atoms with Gasteiger partial charge in [0.2, 0.25) is 5.91 Å². The fourth-order valence-corrected chi connectivity index (χ4v) is 5.72. The average molecular weight is 446 g/mol.